The summed E-state index contributed by atoms with van der Waals surface area (Å²) in [5.74, 6) is 3.90. The molecule has 216 valence electrons. The third kappa shape index (κ3) is 6.71. The Bertz CT molecular complexity index is 1230. The standard InChI is InChI=1S/C31H41N3O6/c1-35-26-10-9-23(29(38-4)31(26)40-6)8-7-13-33-14-16-34(17-15-33)21-22-11-12-32-25(18-22)24-19-27(36-2)30(39-5)28(20-24)37-3/h9-12,18-20H,7-8,13-17,21H2,1-6H3. The topological polar surface area (TPSA) is 74.8 Å². The highest BCUT2D eigenvalue weighted by atomic mass is 16.5. The molecule has 9 heteroatoms. The van der Waals surface area contributed by atoms with Crippen molar-refractivity contribution >= 4 is 0 Å². The van der Waals surface area contributed by atoms with Gasteiger partial charge in [0.2, 0.25) is 11.5 Å². The Morgan fingerprint density at radius 2 is 1.27 bits per heavy atom. The molecule has 4 rings (SSSR count). The van der Waals surface area contributed by atoms with Gasteiger partial charge in [-0.05, 0) is 60.8 Å². The lowest BCUT2D eigenvalue weighted by molar-refractivity contribution is 0.126. The van der Waals surface area contributed by atoms with Gasteiger partial charge in [-0.1, -0.05) is 6.07 Å². The van der Waals surface area contributed by atoms with Crippen LogP contribution in [0.15, 0.2) is 42.6 Å². The first kappa shape index (κ1) is 29.3. The van der Waals surface area contributed by atoms with Crippen molar-refractivity contribution in [2.24, 2.45) is 0 Å². The molecule has 0 aliphatic carbocycles. The lowest BCUT2D eigenvalue weighted by Gasteiger charge is -2.34. The summed E-state index contributed by atoms with van der Waals surface area (Å²) >= 11 is 0. The maximum Gasteiger partial charge on any atom is 0.203 e. The summed E-state index contributed by atoms with van der Waals surface area (Å²) in [6.45, 7) is 6.09. The van der Waals surface area contributed by atoms with Gasteiger partial charge in [-0.3, -0.25) is 9.88 Å². The van der Waals surface area contributed by atoms with Crippen molar-refractivity contribution in [3.63, 3.8) is 0 Å². The molecule has 0 radical (unpaired) electrons. The second kappa shape index (κ2) is 14.1. The molecule has 3 aromatic rings. The van der Waals surface area contributed by atoms with E-state index in [4.69, 9.17) is 28.4 Å². The number of hydrogen-bond donors (Lipinski definition) is 0. The normalized spacial score (nSPS) is 14.1. The summed E-state index contributed by atoms with van der Waals surface area (Å²) in [7, 11) is 9.81. The van der Waals surface area contributed by atoms with Gasteiger partial charge in [0.1, 0.15) is 0 Å². The Morgan fingerprint density at radius 1 is 0.650 bits per heavy atom. The first-order valence-electron chi connectivity index (χ1n) is 13.5. The largest absolute Gasteiger partial charge is 0.493 e. The van der Waals surface area contributed by atoms with Gasteiger partial charge in [-0.15, -0.1) is 0 Å². The Hall–Kier alpha value is -3.69. The van der Waals surface area contributed by atoms with E-state index >= 15 is 0 Å². The fourth-order valence-electron chi connectivity index (χ4n) is 5.24. The molecular formula is C31H41N3O6. The molecule has 40 heavy (non-hydrogen) atoms. The molecular weight excluding hydrogens is 510 g/mol. The Kier molecular flexibility index (Phi) is 10.3. The number of aromatic nitrogens is 1. The number of aryl methyl sites for hydroxylation is 1. The summed E-state index contributed by atoms with van der Waals surface area (Å²) in [5, 5.41) is 0. The molecule has 1 fully saturated rings. The van der Waals surface area contributed by atoms with Gasteiger partial charge in [-0.2, -0.15) is 0 Å². The monoisotopic (exact) mass is 551 g/mol. The van der Waals surface area contributed by atoms with E-state index in [2.05, 4.69) is 33.0 Å². The van der Waals surface area contributed by atoms with Crippen molar-refractivity contribution in [3.8, 4) is 45.8 Å². The third-order valence-electron chi connectivity index (χ3n) is 7.36. The van der Waals surface area contributed by atoms with Gasteiger partial charge < -0.3 is 33.3 Å². The van der Waals surface area contributed by atoms with E-state index in [0.29, 0.717) is 28.7 Å². The summed E-state index contributed by atoms with van der Waals surface area (Å²) in [6.07, 6.45) is 3.84. The molecule has 9 nitrogen and oxygen atoms in total. The first-order chi connectivity index (χ1) is 19.5. The second-order valence-corrected chi connectivity index (χ2v) is 9.68. The quantitative estimate of drug-likeness (QED) is 0.304. The van der Waals surface area contributed by atoms with E-state index in [0.717, 1.165) is 74.7 Å². The van der Waals surface area contributed by atoms with Crippen molar-refractivity contribution in [1.29, 1.82) is 0 Å². The van der Waals surface area contributed by atoms with Crippen LogP contribution in [-0.2, 0) is 13.0 Å². The minimum atomic E-state index is 0.575. The van der Waals surface area contributed by atoms with Gasteiger partial charge in [-0.25, -0.2) is 0 Å². The van der Waals surface area contributed by atoms with Crippen molar-refractivity contribution in [3.05, 3.63) is 53.7 Å². The predicted octanol–water partition coefficient (Wildman–Crippen LogP) is 4.55. The number of pyridine rings is 1. The highest BCUT2D eigenvalue weighted by molar-refractivity contribution is 5.69. The summed E-state index contributed by atoms with van der Waals surface area (Å²) in [5.41, 5.74) is 4.17. The van der Waals surface area contributed by atoms with Crippen molar-refractivity contribution in [1.82, 2.24) is 14.8 Å². The molecule has 0 amide bonds. The van der Waals surface area contributed by atoms with E-state index in [1.807, 2.05) is 24.4 Å². The van der Waals surface area contributed by atoms with Crippen molar-refractivity contribution < 1.29 is 28.4 Å². The summed E-state index contributed by atoms with van der Waals surface area (Å²) < 4.78 is 33.1. The third-order valence-corrected chi connectivity index (χ3v) is 7.36. The van der Waals surface area contributed by atoms with Crippen LogP contribution in [0.4, 0.5) is 0 Å². The van der Waals surface area contributed by atoms with E-state index in [-0.39, 0.29) is 0 Å². The second-order valence-electron chi connectivity index (χ2n) is 9.68. The molecule has 2 aromatic carbocycles. The van der Waals surface area contributed by atoms with Gasteiger partial charge in [0.15, 0.2) is 23.0 Å². The lowest BCUT2D eigenvalue weighted by atomic mass is 10.1. The Labute approximate surface area is 237 Å². The number of methoxy groups -OCH3 is 6. The highest BCUT2D eigenvalue weighted by Gasteiger charge is 2.20. The molecule has 0 atom stereocenters. The first-order valence-corrected chi connectivity index (χ1v) is 13.5. The summed E-state index contributed by atoms with van der Waals surface area (Å²) in [4.78, 5) is 9.65. The van der Waals surface area contributed by atoms with Crippen LogP contribution in [0.1, 0.15) is 17.5 Å². The van der Waals surface area contributed by atoms with Crippen LogP contribution in [0, 0.1) is 0 Å². The molecule has 2 heterocycles. The molecule has 0 bridgehead atoms. The van der Waals surface area contributed by atoms with Gasteiger partial charge >= 0.3 is 0 Å². The van der Waals surface area contributed by atoms with Gasteiger partial charge in [0, 0.05) is 44.5 Å². The van der Waals surface area contributed by atoms with Gasteiger partial charge in [0.05, 0.1) is 48.4 Å². The zero-order chi connectivity index (χ0) is 28.5. The molecule has 0 saturated carbocycles. The van der Waals surface area contributed by atoms with Gasteiger partial charge in [0.25, 0.3) is 0 Å². The molecule has 0 N–H and O–H groups in total. The fraction of sp³-hybridized carbons (Fsp3) is 0.452. The predicted molar refractivity (Wildman–Crippen MR) is 155 cm³/mol. The number of nitrogens with zero attached hydrogens (tertiary/aromatic N) is 3. The lowest BCUT2D eigenvalue weighted by Crippen LogP contribution is -2.46. The smallest absolute Gasteiger partial charge is 0.203 e. The van der Waals surface area contributed by atoms with Crippen molar-refractivity contribution in [2.45, 2.75) is 19.4 Å². The molecule has 1 aliphatic rings. The Balaban J connectivity index is 1.31. The highest BCUT2D eigenvalue weighted by Crippen LogP contribution is 2.41. The van der Waals surface area contributed by atoms with Crippen LogP contribution >= 0.6 is 0 Å². The molecule has 0 unspecified atom stereocenters. The fourth-order valence-corrected chi connectivity index (χ4v) is 5.24. The van der Waals surface area contributed by atoms with Crippen LogP contribution in [0.25, 0.3) is 11.3 Å². The molecule has 1 aromatic heterocycles. The minimum absolute atomic E-state index is 0.575. The minimum Gasteiger partial charge on any atom is -0.493 e. The number of hydrogen-bond acceptors (Lipinski definition) is 9. The van der Waals surface area contributed by atoms with E-state index in [1.54, 1.807) is 42.7 Å². The SMILES string of the molecule is COc1cc(-c2cc(CN3CCN(CCCc4ccc(OC)c(OC)c4OC)CC3)ccn2)cc(OC)c1OC. The van der Waals surface area contributed by atoms with Crippen molar-refractivity contribution in [2.75, 3.05) is 75.4 Å². The van der Waals surface area contributed by atoms with Crippen LogP contribution in [0.5, 0.6) is 34.5 Å². The number of piperazine rings is 1. The van der Waals surface area contributed by atoms with Crippen LogP contribution < -0.4 is 28.4 Å². The molecule has 1 saturated heterocycles. The van der Waals surface area contributed by atoms with Crippen LogP contribution in [-0.4, -0.2) is 90.2 Å². The molecule has 1 aliphatic heterocycles. The van der Waals surface area contributed by atoms with Crippen LogP contribution in [0.2, 0.25) is 0 Å². The maximum atomic E-state index is 5.65. The average Bonchev–Trinajstić information content (AvgIpc) is 3.00. The zero-order valence-electron chi connectivity index (χ0n) is 24.5. The maximum absolute atomic E-state index is 5.65. The number of ether oxygens (including phenoxy) is 6. The van der Waals surface area contributed by atoms with Crippen LogP contribution in [0.3, 0.4) is 0 Å². The average molecular weight is 552 g/mol. The molecule has 0 spiro atoms. The van der Waals surface area contributed by atoms with E-state index in [9.17, 15) is 0 Å². The van der Waals surface area contributed by atoms with E-state index < -0.39 is 0 Å². The zero-order valence-corrected chi connectivity index (χ0v) is 24.5. The number of benzene rings is 2. The Morgan fingerprint density at radius 3 is 1.88 bits per heavy atom. The summed E-state index contributed by atoms with van der Waals surface area (Å²) in [6, 6.07) is 12.1. The van der Waals surface area contributed by atoms with E-state index in [1.165, 1.54) is 5.56 Å². The number of rotatable bonds is 13.